The fourth-order valence-corrected chi connectivity index (χ4v) is 2.85. The molecule has 0 radical (unpaired) electrons. The number of carbonyl (C=O) groups excluding carboxylic acids is 1. The SMILES string of the molecule is CC1CCCCC1NC(=O)NC1COCC1C(=O)O. The van der Waals surface area contributed by atoms with Gasteiger partial charge in [0.1, 0.15) is 5.92 Å². The third kappa shape index (κ3) is 3.59. The largest absolute Gasteiger partial charge is 0.481 e. The number of hydrogen-bond donors (Lipinski definition) is 3. The Bertz CT molecular complexity index is 348. The lowest BCUT2D eigenvalue weighted by atomic mass is 9.86. The molecule has 0 bridgehead atoms. The Labute approximate surface area is 112 Å². The van der Waals surface area contributed by atoms with E-state index in [1.165, 1.54) is 6.42 Å². The summed E-state index contributed by atoms with van der Waals surface area (Å²) in [7, 11) is 0. The molecule has 4 atom stereocenters. The van der Waals surface area contributed by atoms with Gasteiger partial charge in [-0.05, 0) is 18.8 Å². The van der Waals surface area contributed by atoms with Gasteiger partial charge >= 0.3 is 12.0 Å². The number of ether oxygens (including phenoxy) is 1. The lowest BCUT2D eigenvalue weighted by molar-refractivity contribution is -0.142. The molecular weight excluding hydrogens is 248 g/mol. The summed E-state index contributed by atoms with van der Waals surface area (Å²) in [6.07, 6.45) is 4.49. The average Bonchev–Trinajstić information content (AvgIpc) is 2.80. The maximum Gasteiger partial charge on any atom is 0.315 e. The number of aliphatic carboxylic acids is 1. The van der Waals surface area contributed by atoms with Crippen LogP contribution in [-0.2, 0) is 9.53 Å². The molecule has 0 aromatic rings. The summed E-state index contributed by atoms with van der Waals surface area (Å²) in [6.45, 7) is 2.58. The molecule has 3 N–H and O–H groups in total. The van der Waals surface area contributed by atoms with Gasteiger partial charge in [-0.2, -0.15) is 0 Å². The van der Waals surface area contributed by atoms with Crippen LogP contribution < -0.4 is 10.6 Å². The van der Waals surface area contributed by atoms with Gasteiger partial charge in [-0.25, -0.2) is 4.79 Å². The maximum atomic E-state index is 11.9. The van der Waals surface area contributed by atoms with Crippen LogP contribution in [0.15, 0.2) is 0 Å². The number of carboxylic acid groups (broad SMARTS) is 1. The molecule has 0 spiro atoms. The maximum absolute atomic E-state index is 11.9. The van der Waals surface area contributed by atoms with Crippen LogP contribution in [0, 0.1) is 11.8 Å². The van der Waals surface area contributed by atoms with E-state index in [-0.39, 0.29) is 25.3 Å². The lowest BCUT2D eigenvalue weighted by Gasteiger charge is -2.30. The minimum Gasteiger partial charge on any atom is -0.481 e. The second-order valence-electron chi connectivity index (χ2n) is 5.57. The molecule has 2 fully saturated rings. The molecule has 1 saturated carbocycles. The van der Waals surface area contributed by atoms with Crippen molar-refractivity contribution in [3.63, 3.8) is 0 Å². The number of nitrogens with one attached hydrogen (secondary N) is 2. The molecule has 6 heteroatoms. The zero-order chi connectivity index (χ0) is 13.8. The van der Waals surface area contributed by atoms with Crippen LogP contribution in [0.25, 0.3) is 0 Å². The monoisotopic (exact) mass is 270 g/mol. The number of carbonyl (C=O) groups is 2. The highest BCUT2D eigenvalue weighted by atomic mass is 16.5. The second kappa shape index (κ2) is 6.23. The molecule has 6 nitrogen and oxygen atoms in total. The molecule has 108 valence electrons. The molecule has 1 aliphatic carbocycles. The van der Waals surface area contributed by atoms with Gasteiger partial charge in [-0.3, -0.25) is 4.79 Å². The highest BCUT2D eigenvalue weighted by Gasteiger charge is 2.35. The van der Waals surface area contributed by atoms with Crippen molar-refractivity contribution in [2.75, 3.05) is 13.2 Å². The molecule has 0 aromatic carbocycles. The van der Waals surface area contributed by atoms with Crippen molar-refractivity contribution in [1.82, 2.24) is 10.6 Å². The Hall–Kier alpha value is -1.30. The average molecular weight is 270 g/mol. The van der Waals surface area contributed by atoms with E-state index < -0.39 is 17.9 Å². The van der Waals surface area contributed by atoms with Gasteiger partial charge in [0.05, 0.1) is 19.3 Å². The molecule has 4 unspecified atom stereocenters. The van der Waals surface area contributed by atoms with Crippen molar-refractivity contribution in [3.05, 3.63) is 0 Å². The summed E-state index contributed by atoms with van der Waals surface area (Å²) >= 11 is 0. The molecule has 19 heavy (non-hydrogen) atoms. The Balaban J connectivity index is 1.82. The number of hydrogen-bond acceptors (Lipinski definition) is 3. The molecule has 1 saturated heterocycles. The van der Waals surface area contributed by atoms with Gasteiger partial charge in [0.15, 0.2) is 0 Å². The zero-order valence-corrected chi connectivity index (χ0v) is 11.2. The van der Waals surface area contributed by atoms with Crippen LogP contribution in [0.5, 0.6) is 0 Å². The third-order valence-electron chi connectivity index (χ3n) is 4.14. The number of rotatable bonds is 3. The van der Waals surface area contributed by atoms with E-state index in [2.05, 4.69) is 17.6 Å². The van der Waals surface area contributed by atoms with Crippen LogP contribution in [-0.4, -0.2) is 42.4 Å². The second-order valence-corrected chi connectivity index (χ2v) is 5.57. The first-order valence-electron chi connectivity index (χ1n) is 6.95. The van der Waals surface area contributed by atoms with Gasteiger partial charge in [-0.15, -0.1) is 0 Å². The minimum atomic E-state index is -0.922. The predicted octanol–water partition coefficient (Wildman–Crippen LogP) is 0.964. The van der Waals surface area contributed by atoms with Crippen molar-refractivity contribution < 1.29 is 19.4 Å². The van der Waals surface area contributed by atoms with Crippen molar-refractivity contribution in [1.29, 1.82) is 0 Å². The van der Waals surface area contributed by atoms with Gasteiger partial charge in [0.2, 0.25) is 0 Å². The molecule has 1 heterocycles. The Morgan fingerprint density at radius 3 is 2.47 bits per heavy atom. The first-order chi connectivity index (χ1) is 9.08. The quantitative estimate of drug-likeness (QED) is 0.713. The molecule has 0 aromatic heterocycles. The summed E-state index contributed by atoms with van der Waals surface area (Å²) < 4.78 is 5.12. The topological polar surface area (TPSA) is 87.7 Å². The van der Waals surface area contributed by atoms with E-state index in [9.17, 15) is 9.59 Å². The summed E-state index contributed by atoms with van der Waals surface area (Å²) in [5, 5.41) is 14.7. The first-order valence-corrected chi connectivity index (χ1v) is 6.95. The fraction of sp³-hybridized carbons (Fsp3) is 0.846. The van der Waals surface area contributed by atoms with Crippen molar-refractivity contribution >= 4 is 12.0 Å². The number of amides is 2. The molecule has 1 aliphatic heterocycles. The van der Waals surface area contributed by atoms with Crippen molar-refractivity contribution in [2.45, 2.75) is 44.7 Å². The molecular formula is C13H22N2O4. The Morgan fingerprint density at radius 2 is 1.79 bits per heavy atom. The van der Waals surface area contributed by atoms with Gasteiger partial charge < -0.3 is 20.5 Å². The summed E-state index contributed by atoms with van der Waals surface area (Å²) in [4.78, 5) is 22.9. The Kier molecular flexibility index (Phi) is 4.63. The number of carboxylic acids is 1. The highest BCUT2D eigenvalue weighted by molar-refractivity contribution is 5.77. The van der Waals surface area contributed by atoms with E-state index >= 15 is 0 Å². The summed E-state index contributed by atoms with van der Waals surface area (Å²) in [6, 6.07) is -0.517. The highest BCUT2D eigenvalue weighted by Crippen LogP contribution is 2.23. The molecule has 2 amide bonds. The van der Waals surface area contributed by atoms with E-state index in [4.69, 9.17) is 9.84 Å². The standard InChI is InChI=1S/C13H22N2O4/c1-8-4-2-3-5-10(8)14-13(18)15-11-7-19-6-9(11)12(16)17/h8-11H,2-7H2,1H3,(H,16,17)(H2,14,15,18). The van der Waals surface area contributed by atoms with Gasteiger partial charge in [-0.1, -0.05) is 19.8 Å². The minimum absolute atomic E-state index is 0.167. The van der Waals surface area contributed by atoms with Crippen molar-refractivity contribution in [2.24, 2.45) is 11.8 Å². The van der Waals surface area contributed by atoms with Crippen LogP contribution in [0.4, 0.5) is 4.79 Å². The van der Waals surface area contributed by atoms with Crippen molar-refractivity contribution in [3.8, 4) is 0 Å². The first kappa shape index (κ1) is 14.1. The van der Waals surface area contributed by atoms with Gasteiger partial charge in [0, 0.05) is 6.04 Å². The summed E-state index contributed by atoms with van der Waals surface area (Å²) in [5.74, 6) is -1.09. The smallest absolute Gasteiger partial charge is 0.315 e. The van der Waals surface area contributed by atoms with Crippen LogP contribution in [0.2, 0.25) is 0 Å². The number of urea groups is 1. The molecule has 2 rings (SSSR count). The van der Waals surface area contributed by atoms with Crippen LogP contribution >= 0.6 is 0 Å². The van der Waals surface area contributed by atoms with E-state index in [0.717, 1.165) is 19.3 Å². The van der Waals surface area contributed by atoms with E-state index in [1.54, 1.807) is 0 Å². The van der Waals surface area contributed by atoms with E-state index in [1.807, 2.05) is 0 Å². The van der Waals surface area contributed by atoms with Gasteiger partial charge in [0.25, 0.3) is 0 Å². The fourth-order valence-electron chi connectivity index (χ4n) is 2.85. The van der Waals surface area contributed by atoms with Crippen LogP contribution in [0.1, 0.15) is 32.6 Å². The Morgan fingerprint density at radius 1 is 1.11 bits per heavy atom. The third-order valence-corrected chi connectivity index (χ3v) is 4.14. The lowest BCUT2D eigenvalue weighted by Crippen LogP contribution is -2.51. The zero-order valence-electron chi connectivity index (χ0n) is 11.2. The molecule has 2 aliphatic rings. The normalized spacial score (nSPS) is 34.8. The summed E-state index contributed by atoms with van der Waals surface area (Å²) in [5.41, 5.74) is 0. The predicted molar refractivity (Wildman–Crippen MR) is 68.8 cm³/mol. The van der Waals surface area contributed by atoms with Crippen LogP contribution in [0.3, 0.4) is 0 Å². The van der Waals surface area contributed by atoms with E-state index in [0.29, 0.717) is 5.92 Å².